The van der Waals surface area contributed by atoms with Crippen LogP contribution in [-0.2, 0) is 0 Å². The standard InChI is InChI=1S/C19H22BrF3N4O2/c1-26(2)9-4-10-27(3)17-16(20)11-13(12-24-17)18(28)25-14-5-7-15(8-6-14)29-19(21,22)23/h5-8,11-12H,4,9-10H2,1-3H3,(H,25,28). The topological polar surface area (TPSA) is 57.7 Å². The molecule has 1 heterocycles. The molecule has 0 saturated heterocycles. The van der Waals surface area contributed by atoms with Crippen LogP contribution in [0.4, 0.5) is 24.7 Å². The first-order valence-corrected chi connectivity index (χ1v) is 9.53. The Bertz CT molecular complexity index is 829. The Morgan fingerprint density at radius 3 is 2.38 bits per heavy atom. The van der Waals surface area contributed by atoms with Gasteiger partial charge in [0.1, 0.15) is 11.6 Å². The quantitative estimate of drug-likeness (QED) is 0.614. The van der Waals surface area contributed by atoms with Crippen LogP contribution in [0.3, 0.4) is 0 Å². The maximum Gasteiger partial charge on any atom is 0.573 e. The molecule has 0 aliphatic rings. The number of nitrogens with zero attached hydrogens (tertiary/aromatic N) is 3. The second-order valence-corrected chi connectivity index (χ2v) is 7.49. The van der Waals surface area contributed by atoms with Gasteiger partial charge in [0.2, 0.25) is 0 Å². The highest BCUT2D eigenvalue weighted by atomic mass is 79.9. The van der Waals surface area contributed by atoms with Crippen molar-refractivity contribution in [2.24, 2.45) is 0 Å². The minimum Gasteiger partial charge on any atom is -0.406 e. The van der Waals surface area contributed by atoms with E-state index in [9.17, 15) is 18.0 Å². The Kier molecular flexibility index (Phi) is 7.86. The number of amides is 1. The van der Waals surface area contributed by atoms with Gasteiger partial charge >= 0.3 is 6.36 Å². The van der Waals surface area contributed by atoms with Crippen LogP contribution in [0.25, 0.3) is 0 Å². The Labute approximate surface area is 175 Å². The van der Waals surface area contributed by atoms with E-state index in [0.717, 1.165) is 31.6 Å². The first-order valence-electron chi connectivity index (χ1n) is 8.74. The zero-order chi connectivity index (χ0) is 21.6. The number of pyridine rings is 1. The predicted molar refractivity (Wildman–Crippen MR) is 109 cm³/mol. The molecule has 0 spiro atoms. The predicted octanol–water partition coefficient (Wildman–Crippen LogP) is 4.38. The second kappa shape index (κ2) is 9.93. The monoisotopic (exact) mass is 474 g/mol. The summed E-state index contributed by atoms with van der Waals surface area (Å²) in [7, 11) is 5.95. The fraction of sp³-hybridized carbons (Fsp3) is 0.368. The van der Waals surface area contributed by atoms with Crippen molar-refractivity contribution in [2.45, 2.75) is 12.8 Å². The van der Waals surface area contributed by atoms with Gasteiger partial charge in [-0.05, 0) is 73.3 Å². The van der Waals surface area contributed by atoms with Crippen LogP contribution < -0.4 is 15.0 Å². The van der Waals surface area contributed by atoms with Crippen LogP contribution in [0, 0.1) is 0 Å². The van der Waals surface area contributed by atoms with E-state index in [4.69, 9.17) is 0 Å². The molecule has 29 heavy (non-hydrogen) atoms. The van der Waals surface area contributed by atoms with Gasteiger partial charge in [-0.1, -0.05) is 0 Å². The van der Waals surface area contributed by atoms with Crippen molar-refractivity contribution in [3.05, 3.63) is 46.6 Å². The maximum absolute atomic E-state index is 12.4. The minimum atomic E-state index is -4.76. The van der Waals surface area contributed by atoms with Gasteiger partial charge in [0.25, 0.3) is 5.91 Å². The van der Waals surface area contributed by atoms with Gasteiger partial charge in [0.15, 0.2) is 0 Å². The number of hydrogen-bond acceptors (Lipinski definition) is 5. The van der Waals surface area contributed by atoms with E-state index >= 15 is 0 Å². The van der Waals surface area contributed by atoms with E-state index in [1.807, 2.05) is 26.0 Å². The molecule has 1 aromatic carbocycles. The van der Waals surface area contributed by atoms with Crippen molar-refractivity contribution < 1.29 is 22.7 Å². The summed E-state index contributed by atoms with van der Waals surface area (Å²) in [5.41, 5.74) is 0.656. The van der Waals surface area contributed by atoms with Crippen LogP contribution in [0.5, 0.6) is 5.75 Å². The molecular weight excluding hydrogens is 453 g/mol. The maximum atomic E-state index is 12.4. The SMILES string of the molecule is CN(C)CCCN(C)c1ncc(C(=O)Nc2ccc(OC(F)(F)F)cc2)cc1Br. The van der Waals surface area contributed by atoms with Gasteiger partial charge in [-0.15, -0.1) is 13.2 Å². The zero-order valence-corrected chi connectivity index (χ0v) is 17.8. The lowest BCUT2D eigenvalue weighted by atomic mass is 10.2. The van der Waals surface area contributed by atoms with E-state index < -0.39 is 12.3 Å². The fourth-order valence-electron chi connectivity index (χ4n) is 2.51. The third-order valence-electron chi connectivity index (χ3n) is 3.89. The molecule has 0 radical (unpaired) electrons. The Hall–Kier alpha value is -2.33. The number of anilines is 2. The molecule has 0 saturated carbocycles. The lowest BCUT2D eigenvalue weighted by molar-refractivity contribution is -0.274. The van der Waals surface area contributed by atoms with Gasteiger partial charge in [-0.2, -0.15) is 0 Å². The highest BCUT2D eigenvalue weighted by Crippen LogP contribution is 2.26. The first-order chi connectivity index (χ1) is 13.5. The van der Waals surface area contributed by atoms with Crippen LogP contribution >= 0.6 is 15.9 Å². The molecule has 10 heteroatoms. The molecule has 158 valence electrons. The molecule has 2 rings (SSSR count). The molecule has 6 nitrogen and oxygen atoms in total. The summed E-state index contributed by atoms with van der Waals surface area (Å²) in [5.74, 6) is -0.0694. The van der Waals surface area contributed by atoms with Crippen molar-refractivity contribution in [1.82, 2.24) is 9.88 Å². The number of halogens is 4. The molecule has 1 aromatic heterocycles. The zero-order valence-electron chi connectivity index (χ0n) is 16.3. The molecule has 0 atom stereocenters. The molecular formula is C19H22BrF3N4O2. The summed E-state index contributed by atoms with van der Waals surface area (Å²) in [6, 6.07) is 6.57. The van der Waals surface area contributed by atoms with Crippen molar-refractivity contribution in [3.8, 4) is 5.75 Å². The summed E-state index contributed by atoms with van der Waals surface area (Å²) in [6.45, 7) is 1.76. The van der Waals surface area contributed by atoms with Gasteiger partial charge < -0.3 is 19.9 Å². The van der Waals surface area contributed by atoms with Gasteiger partial charge in [-0.3, -0.25) is 4.79 Å². The summed E-state index contributed by atoms with van der Waals surface area (Å²) in [6.07, 6.45) is -2.34. The first kappa shape index (κ1) is 23.0. The molecule has 0 aliphatic carbocycles. The third kappa shape index (κ3) is 7.54. The molecule has 0 aliphatic heterocycles. The number of hydrogen-bond donors (Lipinski definition) is 1. The van der Waals surface area contributed by atoms with Gasteiger partial charge in [-0.25, -0.2) is 4.98 Å². The average Bonchev–Trinajstić information content (AvgIpc) is 2.61. The van der Waals surface area contributed by atoms with E-state index in [2.05, 4.69) is 35.9 Å². The molecule has 0 unspecified atom stereocenters. The van der Waals surface area contributed by atoms with Crippen LogP contribution in [-0.4, -0.2) is 56.4 Å². The van der Waals surface area contributed by atoms with Crippen LogP contribution in [0.15, 0.2) is 41.0 Å². The van der Waals surface area contributed by atoms with E-state index in [1.54, 1.807) is 6.07 Å². The number of benzene rings is 1. The van der Waals surface area contributed by atoms with Crippen LogP contribution in [0.1, 0.15) is 16.8 Å². The number of carbonyl (C=O) groups is 1. The molecule has 0 bridgehead atoms. The largest absolute Gasteiger partial charge is 0.573 e. The number of carbonyl (C=O) groups excluding carboxylic acids is 1. The van der Waals surface area contributed by atoms with Crippen molar-refractivity contribution in [1.29, 1.82) is 0 Å². The summed E-state index contributed by atoms with van der Waals surface area (Å²) in [4.78, 5) is 20.9. The minimum absolute atomic E-state index is 0.318. The summed E-state index contributed by atoms with van der Waals surface area (Å²) in [5, 5.41) is 2.62. The van der Waals surface area contributed by atoms with E-state index in [1.165, 1.54) is 18.3 Å². The molecule has 1 N–H and O–H groups in total. The van der Waals surface area contributed by atoms with E-state index in [-0.39, 0.29) is 5.75 Å². The highest BCUT2D eigenvalue weighted by Gasteiger charge is 2.31. The van der Waals surface area contributed by atoms with Gasteiger partial charge in [0, 0.05) is 25.5 Å². The smallest absolute Gasteiger partial charge is 0.406 e. The summed E-state index contributed by atoms with van der Waals surface area (Å²) < 4.78 is 41.1. The Morgan fingerprint density at radius 2 is 1.83 bits per heavy atom. The van der Waals surface area contributed by atoms with Crippen molar-refractivity contribution in [2.75, 3.05) is 44.4 Å². The normalized spacial score (nSPS) is 11.4. The Balaban J connectivity index is 2.00. The van der Waals surface area contributed by atoms with Crippen molar-refractivity contribution >= 4 is 33.3 Å². The van der Waals surface area contributed by atoms with E-state index in [0.29, 0.717) is 21.5 Å². The lowest BCUT2D eigenvalue weighted by Crippen LogP contribution is -2.24. The molecule has 1 amide bonds. The highest BCUT2D eigenvalue weighted by molar-refractivity contribution is 9.10. The number of nitrogens with one attached hydrogen (secondary N) is 1. The number of aromatic nitrogens is 1. The van der Waals surface area contributed by atoms with Crippen molar-refractivity contribution in [3.63, 3.8) is 0 Å². The number of rotatable bonds is 8. The Morgan fingerprint density at radius 1 is 1.17 bits per heavy atom. The van der Waals surface area contributed by atoms with Gasteiger partial charge in [0.05, 0.1) is 10.0 Å². The molecule has 0 fully saturated rings. The fourth-order valence-corrected chi connectivity index (χ4v) is 3.16. The lowest BCUT2D eigenvalue weighted by Gasteiger charge is -2.21. The number of ether oxygens (including phenoxy) is 1. The third-order valence-corrected chi connectivity index (χ3v) is 4.47. The second-order valence-electron chi connectivity index (χ2n) is 6.63. The number of alkyl halides is 3. The average molecular weight is 475 g/mol. The summed E-state index contributed by atoms with van der Waals surface area (Å²) >= 11 is 3.44. The van der Waals surface area contributed by atoms with Crippen LogP contribution in [0.2, 0.25) is 0 Å². The molecule has 2 aromatic rings.